The molecule has 1 amide bonds. The second kappa shape index (κ2) is 6.27. The third kappa shape index (κ3) is 4.22. The van der Waals surface area contributed by atoms with Crippen molar-refractivity contribution in [2.45, 2.75) is 13.8 Å². The predicted octanol–water partition coefficient (Wildman–Crippen LogP) is 2.00. The topological polar surface area (TPSA) is 92.9 Å². The zero-order chi connectivity index (χ0) is 15.4. The molecule has 0 atom stereocenters. The van der Waals surface area contributed by atoms with E-state index < -0.39 is 0 Å². The zero-order valence-corrected chi connectivity index (χ0v) is 12.5. The summed E-state index contributed by atoms with van der Waals surface area (Å²) in [6, 6.07) is 8.52. The number of hydrogen-bond donors (Lipinski definition) is 3. The summed E-state index contributed by atoms with van der Waals surface area (Å²) in [5.41, 5.74) is 7.42. The molecule has 0 aliphatic heterocycles. The molecular weight excluding hydrogens is 286 g/mol. The summed E-state index contributed by atoms with van der Waals surface area (Å²) in [4.78, 5) is 20.5. The summed E-state index contributed by atoms with van der Waals surface area (Å²) in [7, 11) is 0. The molecule has 0 saturated heterocycles. The Morgan fingerprint density at radius 2 is 1.81 bits per heavy atom. The molecule has 0 bridgehead atoms. The maximum absolute atomic E-state index is 12.1. The van der Waals surface area contributed by atoms with Crippen LogP contribution in [0.2, 0.25) is 0 Å². The van der Waals surface area contributed by atoms with Gasteiger partial charge in [0.2, 0.25) is 0 Å². The molecule has 1 aromatic heterocycles. The highest BCUT2D eigenvalue weighted by Crippen LogP contribution is 2.12. The molecule has 7 heteroatoms. The second-order valence-electron chi connectivity index (χ2n) is 4.46. The Morgan fingerprint density at radius 3 is 2.38 bits per heavy atom. The van der Waals surface area contributed by atoms with Crippen LogP contribution in [0, 0.1) is 13.8 Å². The number of benzene rings is 1. The first kappa shape index (κ1) is 14.9. The van der Waals surface area contributed by atoms with E-state index in [-0.39, 0.29) is 11.0 Å². The molecular formula is C14H15N5OS. The van der Waals surface area contributed by atoms with Crippen molar-refractivity contribution in [1.29, 1.82) is 0 Å². The summed E-state index contributed by atoms with van der Waals surface area (Å²) in [6.45, 7) is 3.62. The Morgan fingerprint density at radius 1 is 1.14 bits per heavy atom. The van der Waals surface area contributed by atoms with Gasteiger partial charge in [-0.25, -0.2) is 9.97 Å². The van der Waals surface area contributed by atoms with E-state index >= 15 is 0 Å². The summed E-state index contributed by atoms with van der Waals surface area (Å²) < 4.78 is 0. The number of nitrogens with two attached hydrogens (primary N) is 1. The first-order valence-corrected chi connectivity index (χ1v) is 6.65. The maximum atomic E-state index is 12.1. The van der Waals surface area contributed by atoms with E-state index in [9.17, 15) is 4.79 Å². The number of anilines is 2. The quantitative estimate of drug-likeness (QED) is 0.751. The van der Waals surface area contributed by atoms with Crippen LogP contribution in [0.1, 0.15) is 21.9 Å². The molecule has 2 aromatic rings. The van der Waals surface area contributed by atoms with E-state index in [0.717, 1.165) is 11.4 Å². The van der Waals surface area contributed by atoms with Crippen LogP contribution in [-0.4, -0.2) is 21.0 Å². The summed E-state index contributed by atoms with van der Waals surface area (Å²) in [5, 5.41) is 5.71. The fraction of sp³-hybridized carbons (Fsp3) is 0.143. The average molecular weight is 301 g/mol. The van der Waals surface area contributed by atoms with Gasteiger partial charge >= 0.3 is 0 Å². The van der Waals surface area contributed by atoms with E-state index in [1.165, 1.54) is 0 Å². The SMILES string of the molecule is Cc1cc(NC(=O)c2ccc(NC(N)=S)cc2)nc(C)n1. The number of carbonyl (C=O) groups excluding carboxylic acids is 1. The monoisotopic (exact) mass is 301 g/mol. The summed E-state index contributed by atoms with van der Waals surface area (Å²) in [6.07, 6.45) is 0. The third-order valence-corrected chi connectivity index (χ3v) is 2.72. The predicted molar refractivity (Wildman–Crippen MR) is 86.3 cm³/mol. The zero-order valence-electron chi connectivity index (χ0n) is 11.7. The molecule has 0 aliphatic rings. The van der Waals surface area contributed by atoms with E-state index in [1.807, 2.05) is 6.92 Å². The van der Waals surface area contributed by atoms with Gasteiger partial charge in [-0.05, 0) is 50.3 Å². The molecule has 4 N–H and O–H groups in total. The molecule has 21 heavy (non-hydrogen) atoms. The van der Waals surface area contributed by atoms with Crippen molar-refractivity contribution in [2.24, 2.45) is 5.73 Å². The number of amides is 1. The van der Waals surface area contributed by atoms with Crippen LogP contribution >= 0.6 is 12.2 Å². The number of nitrogens with zero attached hydrogens (tertiary/aromatic N) is 2. The van der Waals surface area contributed by atoms with E-state index in [4.69, 9.17) is 18.0 Å². The van der Waals surface area contributed by atoms with Crippen LogP contribution in [0.3, 0.4) is 0 Å². The van der Waals surface area contributed by atoms with Gasteiger partial charge in [-0.2, -0.15) is 0 Å². The third-order valence-electron chi connectivity index (χ3n) is 2.62. The van der Waals surface area contributed by atoms with Gasteiger partial charge in [0.25, 0.3) is 5.91 Å². The Hall–Kier alpha value is -2.54. The number of thiocarbonyl (C=S) groups is 1. The van der Waals surface area contributed by atoms with Gasteiger partial charge in [-0.3, -0.25) is 4.79 Å². The molecule has 0 unspecified atom stereocenters. The average Bonchev–Trinajstić information content (AvgIpc) is 2.37. The number of hydrogen-bond acceptors (Lipinski definition) is 4. The van der Waals surface area contributed by atoms with E-state index in [0.29, 0.717) is 17.2 Å². The number of nitrogens with one attached hydrogen (secondary N) is 2. The van der Waals surface area contributed by atoms with Crippen LogP contribution in [0.25, 0.3) is 0 Å². The molecule has 0 saturated carbocycles. The number of rotatable bonds is 3. The van der Waals surface area contributed by atoms with Gasteiger partial charge in [0, 0.05) is 23.0 Å². The van der Waals surface area contributed by atoms with Crippen molar-refractivity contribution < 1.29 is 4.79 Å². The lowest BCUT2D eigenvalue weighted by Gasteiger charge is -2.07. The minimum Gasteiger partial charge on any atom is -0.376 e. The van der Waals surface area contributed by atoms with Crippen LogP contribution in [-0.2, 0) is 0 Å². The van der Waals surface area contributed by atoms with Crippen molar-refractivity contribution >= 4 is 34.7 Å². The Kier molecular flexibility index (Phi) is 4.44. The number of carbonyl (C=O) groups is 1. The van der Waals surface area contributed by atoms with E-state index in [2.05, 4.69) is 20.6 Å². The molecule has 6 nitrogen and oxygen atoms in total. The van der Waals surface area contributed by atoms with Gasteiger partial charge in [-0.15, -0.1) is 0 Å². The van der Waals surface area contributed by atoms with Crippen molar-refractivity contribution in [2.75, 3.05) is 10.6 Å². The Balaban J connectivity index is 2.11. The molecule has 0 fully saturated rings. The molecule has 1 aromatic carbocycles. The molecule has 0 aliphatic carbocycles. The van der Waals surface area contributed by atoms with Gasteiger partial charge < -0.3 is 16.4 Å². The highest BCUT2D eigenvalue weighted by Gasteiger charge is 2.08. The smallest absolute Gasteiger partial charge is 0.256 e. The van der Waals surface area contributed by atoms with Crippen LogP contribution in [0.15, 0.2) is 30.3 Å². The van der Waals surface area contributed by atoms with Gasteiger partial charge in [0.15, 0.2) is 5.11 Å². The minimum atomic E-state index is -0.241. The van der Waals surface area contributed by atoms with Crippen molar-refractivity contribution in [3.05, 3.63) is 47.4 Å². The first-order valence-electron chi connectivity index (χ1n) is 6.24. The van der Waals surface area contributed by atoms with Crippen LogP contribution in [0.5, 0.6) is 0 Å². The van der Waals surface area contributed by atoms with Gasteiger partial charge in [-0.1, -0.05) is 0 Å². The normalized spacial score (nSPS) is 10.0. The van der Waals surface area contributed by atoms with Crippen molar-refractivity contribution in [3.8, 4) is 0 Å². The largest absolute Gasteiger partial charge is 0.376 e. The first-order chi connectivity index (χ1) is 9.94. The molecule has 0 spiro atoms. The fourth-order valence-electron chi connectivity index (χ4n) is 1.82. The lowest BCUT2D eigenvalue weighted by Crippen LogP contribution is -2.19. The Bertz CT molecular complexity index is 664. The number of aryl methyl sites for hydroxylation is 2. The summed E-state index contributed by atoms with van der Waals surface area (Å²) in [5.74, 6) is 0.853. The van der Waals surface area contributed by atoms with Crippen molar-refractivity contribution in [3.63, 3.8) is 0 Å². The van der Waals surface area contributed by atoms with E-state index in [1.54, 1.807) is 37.3 Å². The minimum absolute atomic E-state index is 0.180. The highest BCUT2D eigenvalue weighted by atomic mass is 32.1. The molecule has 108 valence electrons. The highest BCUT2D eigenvalue weighted by molar-refractivity contribution is 7.80. The molecule has 2 rings (SSSR count). The van der Waals surface area contributed by atoms with Crippen LogP contribution in [0.4, 0.5) is 11.5 Å². The fourth-order valence-corrected chi connectivity index (χ4v) is 1.93. The number of aromatic nitrogens is 2. The lowest BCUT2D eigenvalue weighted by atomic mass is 10.2. The standard InChI is InChI=1S/C14H15N5OS/c1-8-7-12(17-9(2)16-8)19-13(20)10-3-5-11(6-4-10)18-14(15)21/h3-7H,1-2H3,(H3,15,18,21)(H,16,17,19,20). The summed E-state index contributed by atoms with van der Waals surface area (Å²) >= 11 is 4.75. The molecule has 1 heterocycles. The second-order valence-corrected chi connectivity index (χ2v) is 4.90. The lowest BCUT2D eigenvalue weighted by molar-refractivity contribution is 0.102. The van der Waals surface area contributed by atoms with Crippen molar-refractivity contribution in [1.82, 2.24) is 9.97 Å². The Labute approximate surface area is 127 Å². The van der Waals surface area contributed by atoms with Gasteiger partial charge in [0.1, 0.15) is 11.6 Å². The molecule has 0 radical (unpaired) electrons. The maximum Gasteiger partial charge on any atom is 0.256 e. The van der Waals surface area contributed by atoms with Crippen LogP contribution < -0.4 is 16.4 Å². The van der Waals surface area contributed by atoms with Gasteiger partial charge in [0.05, 0.1) is 0 Å².